The average Bonchev–Trinajstić information content (AvgIpc) is 2.59. The Morgan fingerprint density at radius 3 is 0.967 bits per heavy atom. The van der Waals surface area contributed by atoms with Gasteiger partial charge in [0.15, 0.2) is 0 Å². The predicted octanol–water partition coefficient (Wildman–Crippen LogP) is 7.61. The Morgan fingerprint density at radius 1 is 0.500 bits per heavy atom. The smallest absolute Gasteiger partial charge is 0.423 e. The molecule has 0 N–H and O–H groups in total. The first kappa shape index (κ1) is 24.0. The minimum Gasteiger partial charge on any atom is -0.423 e. The standard InChI is InChI=1S/C27H38O3/c1-24(2,3)19-11-15-21(16-12-19)26(7,8)29-23(28)30-27(9,10)22-17-13-20(14-18-22)25(4,5)6/h11-18H,1-10H3. The number of hydrogen-bond donors (Lipinski definition) is 0. The van der Waals surface area contributed by atoms with Crippen LogP contribution in [0.25, 0.3) is 0 Å². The Hall–Kier alpha value is -2.29. The second kappa shape index (κ2) is 8.09. The van der Waals surface area contributed by atoms with Crippen LogP contribution in [-0.2, 0) is 31.5 Å². The van der Waals surface area contributed by atoms with Crippen LogP contribution < -0.4 is 0 Å². The summed E-state index contributed by atoms with van der Waals surface area (Å²) in [5, 5.41) is 0. The van der Waals surface area contributed by atoms with Gasteiger partial charge in [-0.05, 0) is 60.8 Å². The fraction of sp³-hybridized carbons (Fsp3) is 0.519. The number of carbonyl (C=O) groups is 1. The first-order valence-corrected chi connectivity index (χ1v) is 10.7. The van der Waals surface area contributed by atoms with E-state index in [0.29, 0.717) is 0 Å². The van der Waals surface area contributed by atoms with Crippen molar-refractivity contribution in [2.24, 2.45) is 0 Å². The number of carbonyl (C=O) groups excluding carboxylic acids is 1. The summed E-state index contributed by atoms with van der Waals surface area (Å²) in [4.78, 5) is 12.6. The van der Waals surface area contributed by atoms with Crippen LogP contribution in [0.4, 0.5) is 4.79 Å². The van der Waals surface area contributed by atoms with Crippen LogP contribution in [0.15, 0.2) is 48.5 Å². The van der Waals surface area contributed by atoms with Crippen LogP contribution in [0.3, 0.4) is 0 Å². The Morgan fingerprint density at radius 2 is 0.733 bits per heavy atom. The van der Waals surface area contributed by atoms with Crippen molar-refractivity contribution in [1.82, 2.24) is 0 Å². The lowest BCUT2D eigenvalue weighted by Crippen LogP contribution is -2.32. The van der Waals surface area contributed by atoms with Gasteiger partial charge in [-0.15, -0.1) is 0 Å². The summed E-state index contributed by atoms with van der Waals surface area (Å²) in [5.74, 6) is 0. The van der Waals surface area contributed by atoms with Gasteiger partial charge in [-0.2, -0.15) is 0 Å². The minimum atomic E-state index is -0.792. The molecule has 3 nitrogen and oxygen atoms in total. The molecule has 0 heterocycles. The molecule has 0 amide bonds. The maximum absolute atomic E-state index is 12.6. The highest BCUT2D eigenvalue weighted by Gasteiger charge is 2.32. The topological polar surface area (TPSA) is 35.5 Å². The predicted molar refractivity (Wildman–Crippen MR) is 124 cm³/mol. The molecular weight excluding hydrogens is 372 g/mol. The van der Waals surface area contributed by atoms with Gasteiger partial charge in [0.05, 0.1) is 0 Å². The van der Waals surface area contributed by atoms with E-state index >= 15 is 0 Å². The third-order valence-electron chi connectivity index (χ3n) is 5.57. The van der Waals surface area contributed by atoms with Crippen molar-refractivity contribution in [2.75, 3.05) is 0 Å². The van der Waals surface area contributed by atoms with Gasteiger partial charge in [0.1, 0.15) is 11.2 Å². The molecule has 0 aliphatic heterocycles. The fourth-order valence-electron chi connectivity index (χ4n) is 3.30. The van der Waals surface area contributed by atoms with Crippen molar-refractivity contribution >= 4 is 6.16 Å². The van der Waals surface area contributed by atoms with E-state index in [1.807, 2.05) is 52.0 Å². The van der Waals surface area contributed by atoms with E-state index in [4.69, 9.17) is 9.47 Å². The second-order valence-electron chi connectivity index (χ2n) is 11.1. The molecule has 0 atom stereocenters. The monoisotopic (exact) mass is 410 g/mol. The Kier molecular flexibility index (Phi) is 6.47. The van der Waals surface area contributed by atoms with Crippen molar-refractivity contribution in [2.45, 2.75) is 91.3 Å². The summed E-state index contributed by atoms with van der Waals surface area (Å²) in [5.41, 5.74) is 2.91. The molecule has 2 rings (SSSR count). The van der Waals surface area contributed by atoms with Crippen molar-refractivity contribution < 1.29 is 14.3 Å². The molecule has 2 aromatic rings. The van der Waals surface area contributed by atoms with Crippen molar-refractivity contribution in [3.05, 3.63) is 70.8 Å². The molecule has 0 aliphatic rings. The number of hydrogen-bond acceptors (Lipinski definition) is 3. The highest BCUT2D eigenvalue weighted by molar-refractivity contribution is 5.62. The second-order valence-corrected chi connectivity index (χ2v) is 11.1. The van der Waals surface area contributed by atoms with Crippen molar-refractivity contribution in [3.63, 3.8) is 0 Å². The third-order valence-corrected chi connectivity index (χ3v) is 5.57. The number of rotatable bonds is 4. The molecule has 0 bridgehead atoms. The molecule has 0 spiro atoms. The summed E-state index contributed by atoms with van der Waals surface area (Å²) in [6.07, 6.45) is -0.676. The van der Waals surface area contributed by atoms with Gasteiger partial charge in [0.25, 0.3) is 0 Å². The maximum Gasteiger partial charge on any atom is 0.510 e. The highest BCUT2D eigenvalue weighted by atomic mass is 16.7. The summed E-state index contributed by atoms with van der Waals surface area (Å²) >= 11 is 0. The maximum atomic E-state index is 12.6. The average molecular weight is 411 g/mol. The molecule has 164 valence electrons. The van der Waals surface area contributed by atoms with Gasteiger partial charge in [0, 0.05) is 0 Å². The molecule has 0 unspecified atom stereocenters. The van der Waals surface area contributed by atoms with Gasteiger partial charge < -0.3 is 9.47 Å². The quantitative estimate of drug-likeness (QED) is 0.487. The fourth-order valence-corrected chi connectivity index (χ4v) is 3.30. The molecule has 0 aromatic heterocycles. The molecule has 0 aliphatic carbocycles. The lowest BCUT2D eigenvalue weighted by atomic mass is 9.85. The van der Waals surface area contributed by atoms with Gasteiger partial charge in [-0.1, -0.05) is 90.1 Å². The van der Waals surface area contributed by atoms with Gasteiger partial charge >= 0.3 is 6.16 Å². The molecule has 0 radical (unpaired) electrons. The largest absolute Gasteiger partial charge is 0.510 e. The van der Waals surface area contributed by atoms with Gasteiger partial charge in [-0.25, -0.2) is 4.79 Å². The van der Waals surface area contributed by atoms with E-state index < -0.39 is 17.4 Å². The van der Waals surface area contributed by atoms with E-state index in [-0.39, 0.29) is 10.8 Å². The first-order valence-electron chi connectivity index (χ1n) is 10.7. The molecule has 3 heteroatoms. The van der Waals surface area contributed by atoms with Gasteiger partial charge in [0.2, 0.25) is 0 Å². The normalized spacial score (nSPS) is 13.1. The zero-order chi connectivity index (χ0) is 23.0. The summed E-state index contributed by atoms with van der Waals surface area (Å²) in [6, 6.07) is 16.4. The van der Waals surface area contributed by atoms with Crippen LogP contribution in [0, 0.1) is 0 Å². The number of ether oxygens (including phenoxy) is 2. The summed E-state index contributed by atoms with van der Waals surface area (Å²) in [7, 11) is 0. The van der Waals surface area contributed by atoms with Crippen molar-refractivity contribution in [1.29, 1.82) is 0 Å². The number of benzene rings is 2. The van der Waals surface area contributed by atoms with Crippen molar-refractivity contribution in [3.8, 4) is 0 Å². The van der Waals surface area contributed by atoms with E-state index in [9.17, 15) is 4.79 Å². The lowest BCUT2D eigenvalue weighted by molar-refractivity contribution is -0.0634. The Labute approximate surface area is 182 Å². The molecule has 30 heavy (non-hydrogen) atoms. The highest BCUT2D eigenvalue weighted by Crippen LogP contribution is 2.32. The molecule has 0 saturated carbocycles. The molecule has 0 saturated heterocycles. The lowest BCUT2D eigenvalue weighted by Gasteiger charge is -2.31. The minimum absolute atomic E-state index is 0.0784. The van der Waals surface area contributed by atoms with Gasteiger partial charge in [-0.3, -0.25) is 0 Å². The van der Waals surface area contributed by atoms with Crippen LogP contribution in [-0.4, -0.2) is 6.16 Å². The molecule has 2 aromatic carbocycles. The van der Waals surface area contributed by atoms with E-state index in [2.05, 4.69) is 65.8 Å². The Bertz CT molecular complexity index is 785. The third kappa shape index (κ3) is 5.87. The van der Waals surface area contributed by atoms with Crippen LogP contribution in [0.2, 0.25) is 0 Å². The summed E-state index contributed by atoms with van der Waals surface area (Å²) < 4.78 is 11.4. The zero-order valence-corrected chi connectivity index (χ0v) is 20.3. The van der Waals surface area contributed by atoms with Crippen LogP contribution in [0.5, 0.6) is 0 Å². The van der Waals surface area contributed by atoms with E-state index in [0.717, 1.165) is 11.1 Å². The van der Waals surface area contributed by atoms with Crippen LogP contribution >= 0.6 is 0 Å². The van der Waals surface area contributed by atoms with E-state index in [1.54, 1.807) is 0 Å². The first-order chi connectivity index (χ1) is 13.5. The SMILES string of the molecule is CC(C)(C)c1ccc(C(C)(C)OC(=O)OC(C)(C)c2ccc(C(C)(C)C)cc2)cc1. The molecular formula is C27H38O3. The summed E-state index contributed by atoms with van der Waals surface area (Å²) in [6.45, 7) is 20.6. The molecule has 0 fully saturated rings. The zero-order valence-electron chi connectivity index (χ0n) is 20.3. The van der Waals surface area contributed by atoms with Crippen LogP contribution in [0.1, 0.15) is 91.5 Å². The Balaban J connectivity index is 2.11. The van der Waals surface area contributed by atoms with E-state index in [1.165, 1.54) is 11.1 Å².